The molecule has 0 unspecified atom stereocenters. The Bertz CT molecular complexity index is 665. The van der Waals surface area contributed by atoms with Crippen LogP contribution >= 0.6 is 0 Å². The minimum atomic E-state index is -0.616. The molecule has 1 fully saturated rings. The number of benzene rings is 1. The van der Waals surface area contributed by atoms with Crippen molar-refractivity contribution >= 4 is 11.4 Å². The predicted octanol–water partition coefficient (Wildman–Crippen LogP) is -0.230. The fraction of sp³-hybridized carbons (Fsp3) is 0.333. The monoisotopic (exact) mass is 292 g/mol. The lowest BCUT2D eigenvalue weighted by Gasteiger charge is -2.28. The summed E-state index contributed by atoms with van der Waals surface area (Å²) >= 11 is 0. The molecular formula is C12H12N4O5. The Morgan fingerprint density at radius 2 is 2.10 bits per heavy atom. The molecule has 0 saturated carbocycles. The van der Waals surface area contributed by atoms with Gasteiger partial charge in [-0.3, -0.25) is 10.1 Å². The van der Waals surface area contributed by atoms with Crippen LogP contribution in [0.5, 0.6) is 5.95 Å². The minimum absolute atomic E-state index is 0.0441. The standard InChI is InChI=1S/C12H12N4O5/c17-12-8-15(13-21-12)9-1-2-10(11(7-9)16(18)19)14-3-5-20-6-4-14/h1-2,7-8H,3-6H2. The van der Waals surface area contributed by atoms with Crippen molar-refractivity contribution in [2.75, 3.05) is 31.2 Å². The van der Waals surface area contributed by atoms with E-state index in [9.17, 15) is 15.2 Å². The molecule has 2 heterocycles. The number of anilines is 1. The van der Waals surface area contributed by atoms with Gasteiger partial charge in [0.1, 0.15) is 11.6 Å². The van der Waals surface area contributed by atoms with Crippen molar-refractivity contribution in [3.8, 4) is 11.6 Å². The molecule has 0 bridgehead atoms. The summed E-state index contributed by atoms with van der Waals surface area (Å²) in [5.74, 6) is -0.616. The van der Waals surface area contributed by atoms with Crippen molar-refractivity contribution in [3.05, 3.63) is 34.5 Å². The Balaban J connectivity index is 2.00. The number of hydrogen-bond donors (Lipinski definition) is 0. The molecule has 0 atom stereocenters. The highest BCUT2D eigenvalue weighted by Gasteiger charge is 2.24. The normalized spacial score (nSPS) is 15.1. The van der Waals surface area contributed by atoms with Gasteiger partial charge in [-0.15, -0.1) is 0 Å². The van der Waals surface area contributed by atoms with Crippen LogP contribution in [0.25, 0.3) is 5.69 Å². The molecule has 3 rings (SSSR count). The summed E-state index contributed by atoms with van der Waals surface area (Å²) in [5.41, 5.74) is 0.875. The van der Waals surface area contributed by atoms with E-state index < -0.39 is 10.9 Å². The van der Waals surface area contributed by atoms with Gasteiger partial charge in [-0.2, -0.15) is 0 Å². The Kier molecular flexibility index (Phi) is 3.40. The van der Waals surface area contributed by atoms with Gasteiger partial charge < -0.3 is 19.3 Å². The first-order valence-corrected chi connectivity index (χ1v) is 6.32. The van der Waals surface area contributed by atoms with E-state index >= 15 is 0 Å². The average Bonchev–Trinajstić information content (AvgIpc) is 2.94. The predicted molar refractivity (Wildman–Crippen MR) is 67.2 cm³/mol. The summed E-state index contributed by atoms with van der Waals surface area (Å²) in [4.78, 5) is 12.7. The van der Waals surface area contributed by atoms with Crippen LogP contribution in [0.4, 0.5) is 11.4 Å². The van der Waals surface area contributed by atoms with E-state index in [0.29, 0.717) is 37.7 Å². The summed E-state index contributed by atoms with van der Waals surface area (Å²) in [5, 5.41) is 25.8. The minimum Gasteiger partial charge on any atom is -0.539 e. The van der Waals surface area contributed by atoms with E-state index in [1.54, 1.807) is 12.1 Å². The molecule has 9 nitrogen and oxygen atoms in total. The fourth-order valence-electron chi connectivity index (χ4n) is 2.23. The highest BCUT2D eigenvalue weighted by Crippen LogP contribution is 2.29. The zero-order valence-electron chi connectivity index (χ0n) is 11.0. The SMILES string of the molecule is O=[N+]([O-])c1cc(-[n+]2cc([O-])on2)ccc1N1CCOCC1. The van der Waals surface area contributed by atoms with Crippen LogP contribution in [0.2, 0.25) is 0 Å². The van der Waals surface area contributed by atoms with Crippen LogP contribution in [0.15, 0.2) is 28.9 Å². The quantitative estimate of drug-likeness (QED) is 0.436. The molecule has 1 aliphatic heterocycles. The largest absolute Gasteiger partial charge is 0.539 e. The van der Waals surface area contributed by atoms with Gasteiger partial charge in [0.15, 0.2) is 0 Å². The molecule has 1 aromatic heterocycles. The maximum absolute atomic E-state index is 11.3. The highest BCUT2D eigenvalue weighted by molar-refractivity contribution is 5.65. The van der Waals surface area contributed by atoms with Crippen molar-refractivity contribution in [3.63, 3.8) is 0 Å². The average molecular weight is 292 g/mol. The van der Waals surface area contributed by atoms with Gasteiger partial charge in [-0.05, 0) is 10.7 Å². The van der Waals surface area contributed by atoms with Crippen LogP contribution in [-0.4, -0.2) is 36.5 Å². The number of nitro benzene ring substituents is 1. The lowest BCUT2D eigenvalue weighted by atomic mass is 10.2. The molecule has 1 saturated heterocycles. The van der Waals surface area contributed by atoms with Crippen LogP contribution in [0.1, 0.15) is 0 Å². The van der Waals surface area contributed by atoms with Crippen LogP contribution in [-0.2, 0) is 4.74 Å². The van der Waals surface area contributed by atoms with E-state index in [2.05, 4.69) is 9.79 Å². The second kappa shape index (κ2) is 5.37. The van der Waals surface area contributed by atoms with Gasteiger partial charge in [0, 0.05) is 19.2 Å². The summed E-state index contributed by atoms with van der Waals surface area (Å²) in [7, 11) is 0. The topological polar surface area (TPSA) is 109 Å². The van der Waals surface area contributed by atoms with Crippen molar-refractivity contribution in [1.82, 2.24) is 5.27 Å². The number of nitro groups is 1. The van der Waals surface area contributed by atoms with Crippen molar-refractivity contribution in [2.24, 2.45) is 0 Å². The van der Waals surface area contributed by atoms with Crippen LogP contribution < -0.4 is 14.7 Å². The first-order valence-electron chi connectivity index (χ1n) is 6.32. The molecule has 1 aromatic carbocycles. The van der Waals surface area contributed by atoms with E-state index in [1.807, 2.05) is 4.90 Å². The van der Waals surface area contributed by atoms with E-state index in [0.717, 1.165) is 6.20 Å². The molecule has 0 aliphatic carbocycles. The second-order valence-corrected chi connectivity index (χ2v) is 4.50. The lowest BCUT2D eigenvalue weighted by molar-refractivity contribution is -0.670. The smallest absolute Gasteiger partial charge is 0.299 e. The zero-order valence-corrected chi connectivity index (χ0v) is 11.0. The molecule has 110 valence electrons. The third kappa shape index (κ3) is 2.63. The number of hydrogen-bond acceptors (Lipinski definition) is 7. The number of aromatic nitrogens is 2. The van der Waals surface area contributed by atoms with Gasteiger partial charge in [0.25, 0.3) is 5.69 Å². The van der Waals surface area contributed by atoms with Crippen molar-refractivity contribution in [2.45, 2.75) is 0 Å². The molecule has 9 heteroatoms. The molecule has 2 aromatic rings. The zero-order chi connectivity index (χ0) is 14.8. The van der Waals surface area contributed by atoms with Gasteiger partial charge >= 0.3 is 0 Å². The number of morpholine rings is 1. The Hall–Kier alpha value is -2.68. The van der Waals surface area contributed by atoms with E-state index in [4.69, 9.17) is 4.74 Å². The molecule has 0 spiro atoms. The first-order chi connectivity index (χ1) is 10.1. The van der Waals surface area contributed by atoms with Crippen LogP contribution in [0.3, 0.4) is 0 Å². The van der Waals surface area contributed by atoms with Gasteiger partial charge in [0.2, 0.25) is 11.9 Å². The number of nitrogens with zero attached hydrogens (tertiary/aromatic N) is 4. The summed E-state index contributed by atoms with van der Waals surface area (Å²) in [6.07, 6.45) is 1.12. The van der Waals surface area contributed by atoms with Crippen molar-refractivity contribution in [1.29, 1.82) is 0 Å². The lowest BCUT2D eigenvalue weighted by Crippen LogP contribution is -2.37. The summed E-state index contributed by atoms with van der Waals surface area (Å²) < 4.78 is 10.8. The molecular weight excluding hydrogens is 280 g/mol. The summed E-state index contributed by atoms with van der Waals surface area (Å²) in [6.45, 7) is 2.27. The number of rotatable bonds is 3. The molecule has 0 amide bonds. The van der Waals surface area contributed by atoms with E-state index in [1.165, 1.54) is 10.7 Å². The van der Waals surface area contributed by atoms with Gasteiger partial charge in [0.05, 0.1) is 29.5 Å². The maximum Gasteiger partial charge on any atom is 0.299 e. The van der Waals surface area contributed by atoms with Gasteiger partial charge in [-0.1, -0.05) is 0 Å². The first kappa shape index (κ1) is 13.3. The van der Waals surface area contributed by atoms with Gasteiger partial charge in [-0.25, -0.2) is 0 Å². The Labute approximate surface area is 119 Å². The fourth-order valence-corrected chi connectivity index (χ4v) is 2.23. The molecule has 0 radical (unpaired) electrons. The third-order valence-corrected chi connectivity index (χ3v) is 3.22. The molecule has 1 aliphatic rings. The second-order valence-electron chi connectivity index (χ2n) is 4.50. The maximum atomic E-state index is 11.3. The molecule has 0 N–H and O–H groups in total. The third-order valence-electron chi connectivity index (χ3n) is 3.22. The van der Waals surface area contributed by atoms with E-state index in [-0.39, 0.29) is 5.69 Å². The Morgan fingerprint density at radius 1 is 1.33 bits per heavy atom. The summed E-state index contributed by atoms with van der Waals surface area (Å²) in [6, 6.07) is 4.66. The number of ether oxygens (including phenoxy) is 1. The Morgan fingerprint density at radius 3 is 2.71 bits per heavy atom. The molecule has 21 heavy (non-hydrogen) atoms. The highest BCUT2D eigenvalue weighted by atomic mass is 16.6. The van der Waals surface area contributed by atoms with Crippen LogP contribution in [0, 0.1) is 10.1 Å². The van der Waals surface area contributed by atoms with Crippen molar-refractivity contribution < 1.29 is 24.0 Å².